The van der Waals surface area contributed by atoms with Gasteiger partial charge >= 0.3 is 0 Å². The molecule has 0 spiro atoms. The van der Waals surface area contributed by atoms with Crippen LogP contribution in [0.5, 0.6) is 0 Å². The largest absolute Gasteiger partial charge is 0.349 e. The van der Waals surface area contributed by atoms with Crippen LogP contribution in [0, 0.1) is 9.49 Å². The number of rotatable bonds is 3. The minimum absolute atomic E-state index is 0. The summed E-state index contributed by atoms with van der Waals surface area (Å²) in [5.74, 6) is 0.461. The van der Waals surface area contributed by atoms with Gasteiger partial charge in [0.15, 0.2) is 0 Å². The second kappa shape index (κ2) is 8.07. The molecule has 2 atom stereocenters. The van der Waals surface area contributed by atoms with Gasteiger partial charge in [-0.25, -0.2) is 0 Å². The third kappa shape index (κ3) is 4.61. The van der Waals surface area contributed by atoms with E-state index < -0.39 is 0 Å². The average molecular weight is 395 g/mol. The Hall–Kier alpha value is -0.330. The van der Waals surface area contributed by atoms with Gasteiger partial charge < -0.3 is 11.1 Å². The molecule has 0 bridgehead atoms. The third-order valence-corrected chi connectivity index (χ3v) is 4.35. The van der Waals surface area contributed by atoms with Gasteiger partial charge in [0.2, 0.25) is 0 Å². The Bertz CT molecular complexity index is 410. The highest BCUT2D eigenvalue weighted by Crippen LogP contribution is 2.23. The summed E-state index contributed by atoms with van der Waals surface area (Å²) in [6.07, 6.45) is 4.61. The van der Waals surface area contributed by atoms with E-state index in [0.717, 1.165) is 22.0 Å². The highest BCUT2D eigenvalue weighted by Gasteiger charge is 2.25. The van der Waals surface area contributed by atoms with Crippen LogP contribution in [-0.4, -0.2) is 18.5 Å². The molecule has 5 heteroatoms. The van der Waals surface area contributed by atoms with E-state index in [1.807, 2.05) is 24.3 Å². The summed E-state index contributed by atoms with van der Waals surface area (Å²) in [6.45, 7) is 0.664. The molecule has 0 heterocycles. The Balaban J connectivity index is 0.00000180. The first-order valence-electron chi connectivity index (χ1n) is 6.47. The Morgan fingerprint density at radius 3 is 2.53 bits per heavy atom. The van der Waals surface area contributed by atoms with Crippen LogP contribution >= 0.6 is 35.0 Å². The third-order valence-electron chi connectivity index (χ3n) is 3.63. The number of nitrogens with one attached hydrogen (secondary N) is 1. The van der Waals surface area contributed by atoms with E-state index in [1.165, 1.54) is 12.8 Å². The summed E-state index contributed by atoms with van der Waals surface area (Å²) in [5, 5.41) is 3.13. The summed E-state index contributed by atoms with van der Waals surface area (Å²) in [7, 11) is 0. The van der Waals surface area contributed by atoms with Crippen molar-refractivity contribution < 1.29 is 4.79 Å². The molecule has 2 rings (SSSR count). The first-order valence-corrected chi connectivity index (χ1v) is 7.55. The molecule has 0 aromatic heterocycles. The maximum absolute atomic E-state index is 12.1. The fraction of sp³-hybridized carbons (Fsp3) is 0.500. The number of hydrogen-bond acceptors (Lipinski definition) is 2. The SMILES string of the molecule is Cl.NCC1CCCCC1NC(=O)c1ccc(I)cc1. The number of hydrogen-bond donors (Lipinski definition) is 2. The molecule has 3 nitrogen and oxygen atoms in total. The molecule has 1 aromatic carbocycles. The molecule has 106 valence electrons. The zero-order chi connectivity index (χ0) is 13.0. The molecule has 3 N–H and O–H groups in total. The number of nitrogens with two attached hydrogens (primary N) is 1. The van der Waals surface area contributed by atoms with Crippen LogP contribution in [0.25, 0.3) is 0 Å². The molecular formula is C14H20ClIN2O. The van der Waals surface area contributed by atoms with Gasteiger partial charge in [-0.15, -0.1) is 12.4 Å². The number of carbonyl (C=O) groups is 1. The summed E-state index contributed by atoms with van der Waals surface area (Å²) < 4.78 is 1.14. The number of carbonyl (C=O) groups excluding carboxylic acids is 1. The predicted octanol–water partition coefficient (Wildman–Crippen LogP) is 2.96. The van der Waals surface area contributed by atoms with Crippen molar-refractivity contribution in [2.24, 2.45) is 11.7 Å². The van der Waals surface area contributed by atoms with Crippen LogP contribution in [0.15, 0.2) is 24.3 Å². The zero-order valence-electron chi connectivity index (χ0n) is 10.8. The van der Waals surface area contributed by atoms with E-state index in [0.29, 0.717) is 12.5 Å². The molecule has 0 aliphatic heterocycles. The van der Waals surface area contributed by atoms with Crippen molar-refractivity contribution in [3.63, 3.8) is 0 Å². The van der Waals surface area contributed by atoms with Crippen molar-refractivity contribution in [3.05, 3.63) is 33.4 Å². The van der Waals surface area contributed by atoms with E-state index in [4.69, 9.17) is 5.73 Å². The van der Waals surface area contributed by atoms with E-state index in [-0.39, 0.29) is 24.4 Å². The fourth-order valence-electron chi connectivity index (χ4n) is 2.53. The predicted molar refractivity (Wildman–Crippen MR) is 88.7 cm³/mol. The van der Waals surface area contributed by atoms with Gasteiger partial charge in [0, 0.05) is 15.2 Å². The van der Waals surface area contributed by atoms with Gasteiger partial charge in [-0.2, -0.15) is 0 Å². The van der Waals surface area contributed by atoms with Gasteiger partial charge in [0.25, 0.3) is 5.91 Å². The van der Waals surface area contributed by atoms with E-state index >= 15 is 0 Å². The highest BCUT2D eigenvalue weighted by molar-refractivity contribution is 14.1. The Labute approximate surface area is 134 Å². The molecule has 0 saturated heterocycles. The molecule has 1 aliphatic carbocycles. The van der Waals surface area contributed by atoms with Crippen molar-refractivity contribution in [3.8, 4) is 0 Å². The summed E-state index contributed by atoms with van der Waals surface area (Å²) in [4.78, 5) is 12.1. The fourth-order valence-corrected chi connectivity index (χ4v) is 2.89. The van der Waals surface area contributed by atoms with Gasteiger partial charge in [-0.3, -0.25) is 4.79 Å². The van der Waals surface area contributed by atoms with Crippen molar-refractivity contribution in [2.75, 3.05) is 6.54 Å². The minimum atomic E-state index is 0. The van der Waals surface area contributed by atoms with Crippen LogP contribution in [0.4, 0.5) is 0 Å². The van der Waals surface area contributed by atoms with E-state index in [9.17, 15) is 4.79 Å². The Morgan fingerprint density at radius 2 is 1.89 bits per heavy atom. The lowest BCUT2D eigenvalue weighted by molar-refractivity contribution is 0.0908. The smallest absolute Gasteiger partial charge is 0.251 e. The van der Waals surface area contributed by atoms with Gasteiger partial charge in [0.1, 0.15) is 0 Å². The molecule has 1 amide bonds. The summed E-state index contributed by atoms with van der Waals surface area (Å²) in [5.41, 5.74) is 6.51. The van der Waals surface area contributed by atoms with Gasteiger partial charge in [0.05, 0.1) is 0 Å². The lowest BCUT2D eigenvalue weighted by atomic mass is 9.84. The molecule has 2 unspecified atom stereocenters. The van der Waals surface area contributed by atoms with Crippen LogP contribution in [0.3, 0.4) is 0 Å². The lowest BCUT2D eigenvalue weighted by Crippen LogP contribution is -2.44. The average Bonchev–Trinajstić information content (AvgIpc) is 2.40. The molecule has 1 aliphatic rings. The number of benzene rings is 1. The molecule has 0 radical (unpaired) electrons. The Kier molecular flexibility index (Phi) is 7.10. The number of amides is 1. The molecule has 1 saturated carbocycles. The second-order valence-corrected chi connectivity index (χ2v) is 6.11. The first-order chi connectivity index (χ1) is 8.70. The van der Waals surface area contributed by atoms with E-state index in [2.05, 4.69) is 27.9 Å². The monoisotopic (exact) mass is 394 g/mol. The Morgan fingerprint density at radius 1 is 1.26 bits per heavy atom. The first kappa shape index (κ1) is 16.7. The van der Waals surface area contributed by atoms with Crippen LogP contribution in [-0.2, 0) is 0 Å². The highest BCUT2D eigenvalue weighted by atomic mass is 127. The van der Waals surface area contributed by atoms with Crippen LogP contribution in [0.1, 0.15) is 36.0 Å². The normalized spacial score (nSPS) is 22.4. The quantitative estimate of drug-likeness (QED) is 0.775. The standard InChI is InChI=1S/C14H19IN2O.ClH/c15-12-7-5-10(6-8-12)14(18)17-13-4-2-1-3-11(13)9-16;/h5-8,11,13H,1-4,9,16H2,(H,17,18);1H. The minimum Gasteiger partial charge on any atom is -0.349 e. The maximum Gasteiger partial charge on any atom is 0.251 e. The maximum atomic E-state index is 12.1. The molecule has 19 heavy (non-hydrogen) atoms. The topological polar surface area (TPSA) is 55.1 Å². The van der Waals surface area contributed by atoms with E-state index in [1.54, 1.807) is 0 Å². The molecular weight excluding hydrogens is 375 g/mol. The summed E-state index contributed by atoms with van der Waals surface area (Å²) >= 11 is 2.24. The van der Waals surface area contributed by atoms with Crippen molar-refractivity contribution in [1.29, 1.82) is 0 Å². The molecule has 1 aromatic rings. The van der Waals surface area contributed by atoms with Crippen molar-refractivity contribution in [2.45, 2.75) is 31.7 Å². The van der Waals surface area contributed by atoms with Crippen LogP contribution < -0.4 is 11.1 Å². The van der Waals surface area contributed by atoms with Gasteiger partial charge in [-0.05, 0) is 72.2 Å². The summed E-state index contributed by atoms with van der Waals surface area (Å²) in [6, 6.07) is 7.90. The second-order valence-electron chi connectivity index (χ2n) is 4.87. The van der Waals surface area contributed by atoms with Crippen molar-refractivity contribution >= 4 is 40.9 Å². The lowest BCUT2D eigenvalue weighted by Gasteiger charge is -2.31. The molecule has 1 fully saturated rings. The van der Waals surface area contributed by atoms with Crippen molar-refractivity contribution in [1.82, 2.24) is 5.32 Å². The number of halogens is 2. The van der Waals surface area contributed by atoms with Crippen LogP contribution in [0.2, 0.25) is 0 Å². The van der Waals surface area contributed by atoms with Gasteiger partial charge in [-0.1, -0.05) is 12.8 Å². The zero-order valence-corrected chi connectivity index (χ0v) is 13.7.